The molecule has 0 aliphatic carbocycles. The number of hydrogen-bond donors (Lipinski definition) is 1. The quantitative estimate of drug-likeness (QED) is 0.835. The second kappa shape index (κ2) is 8.93. The van der Waals surface area contributed by atoms with E-state index < -0.39 is 0 Å². The maximum Gasteiger partial charge on any atom is 0.118 e. The van der Waals surface area contributed by atoms with Crippen LogP contribution in [-0.4, -0.2) is 62.8 Å². The van der Waals surface area contributed by atoms with E-state index >= 15 is 0 Å². The van der Waals surface area contributed by atoms with Gasteiger partial charge in [-0.05, 0) is 56.1 Å². The van der Waals surface area contributed by atoms with Gasteiger partial charge in [-0.1, -0.05) is 12.1 Å². The van der Waals surface area contributed by atoms with E-state index in [0.717, 1.165) is 63.7 Å². The highest BCUT2D eigenvalue weighted by Gasteiger charge is 2.21. The fourth-order valence-corrected chi connectivity index (χ4v) is 4.28. The Morgan fingerprint density at radius 2 is 1.89 bits per heavy atom. The summed E-state index contributed by atoms with van der Waals surface area (Å²) in [4.78, 5) is 9.93. The molecule has 1 aromatic carbocycles. The molecule has 0 amide bonds. The molecule has 5 heteroatoms. The first-order valence-electron chi connectivity index (χ1n) is 10.5. The van der Waals surface area contributed by atoms with E-state index in [-0.39, 0.29) is 0 Å². The minimum atomic E-state index is 0.574. The van der Waals surface area contributed by atoms with Gasteiger partial charge in [-0.2, -0.15) is 0 Å². The highest BCUT2D eigenvalue weighted by molar-refractivity contribution is 5.49. The third-order valence-corrected chi connectivity index (χ3v) is 6.05. The van der Waals surface area contributed by atoms with Crippen LogP contribution in [-0.2, 0) is 6.42 Å². The van der Waals surface area contributed by atoms with Gasteiger partial charge in [0.1, 0.15) is 5.75 Å². The van der Waals surface area contributed by atoms with Crippen LogP contribution in [0.2, 0.25) is 0 Å². The van der Waals surface area contributed by atoms with Gasteiger partial charge < -0.3 is 15.0 Å². The largest absolute Gasteiger partial charge is 0.497 e. The predicted octanol–water partition coefficient (Wildman–Crippen LogP) is 2.84. The molecule has 1 atom stereocenters. The number of aryl methyl sites for hydroxylation is 1. The van der Waals surface area contributed by atoms with Crippen LogP contribution in [0.3, 0.4) is 0 Å². The van der Waals surface area contributed by atoms with Crippen molar-refractivity contribution in [1.82, 2.24) is 15.2 Å². The van der Waals surface area contributed by atoms with E-state index in [1.807, 2.05) is 0 Å². The summed E-state index contributed by atoms with van der Waals surface area (Å²) < 4.78 is 5.24. The Morgan fingerprint density at radius 1 is 1.11 bits per heavy atom. The first-order valence-corrected chi connectivity index (χ1v) is 10.5. The first kappa shape index (κ1) is 19.2. The molecule has 5 nitrogen and oxygen atoms in total. The third-order valence-electron chi connectivity index (χ3n) is 6.05. The van der Waals surface area contributed by atoms with Gasteiger partial charge in [0.2, 0.25) is 0 Å². The van der Waals surface area contributed by atoms with Gasteiger partial charge in [-0.15, -0.1) is 0 Å². The highest BCUT2D eigenvalue weighted by atomic mass is 16.5. The van der Waals surface area contributed by atoms with Crippen LogP contribution in [0.15, 0.2) is 36.4 Å². The van der Waals surface area contributed by atoms with E-state index in [4.69, 9.17) is 9.72 Å². The number of anilines is 1. The first-order chi connectivity index (χ1) is 13.7. The van der Waals surface area contributed by atoms with Crippen molar-refractivity contribution in [2.45, 2.75) is 25.7 Å². The summed E-state index contributed by atoms with van der Waals surface area (Å²) in [6.07, 6.45) is 2.30. The number of benzene rings is 1. The smallest absolute Gasteiger partial charge is 0.118 e. The Hall–Kier alpha value is -2.11. The van der Waals surface area contributed by atoms with Crippen molar-refractivity contribution in [3.05, 3.63) is 53.3 Å². The number of nitrogens with one attached hydrogen (secondary N) is 1. The monoisotopic (exact) mass is 380 g/mol. The number of hydrogen-bond acceptors (Lipinski definition) is 5. The standard InChI is InChI=1S/C23H32N4O/c1-18-15-21(16-23(25-18)20-7-9-24-17-20)27-13-11-26(12-14-27)10-8-19-3-5-22(28-2)6-4-19/h3-6,15-16,20,24H,7-14,17H2,1-2H3/t20-/m1/s1. The van der Waals surface area contributed by atoms with Gasteiger partial charge in [0.25, 0.3) is 0 Å². The highest BCUT2D eigenvalue weighted by Crippen LogP contribution is 2.26. The number of pyridine rings is 1. The second-order valence-corrected chi connectivity index (χ2v) is 8.01. The van der Waals surface area contributed by atoms with Crippen molar-refractivity contribution in [3.8, 4) is 5.75 Å². The summed E-state index contributed by atoms with van der Waals surface area (Å²) in [6, 6.07) is 13.0. The molecule has 2 fully saturated rings. The molecule has 0 spiro atoms. The zero-order valence-electron chi connectivity index (χ0n) is 17.2. The van der Waals surface area contributed by atoms with Crippen LogP contribution in [0.5, 0.6) is 5.75 Å². The van der Waals surface area contributed by atoms with Gasteiger partial charge in [-0.25, -0.2) is 0 Å². The zero-order valence-corrected chi connectivity index (χ0v) is 17.2. The fourth-order valence-electron chi connectivity index (χ4n) is 4.28. The summed E-state index contributed by atoms with van der Waals surface area (Å²) in [7, 11) is 1.71. The minimum Gasteiger partial charge on any atom is -0.497 e. The van der Waals surface area contributed by atoms with Crippen molar-refractivity contribution >= 4 is 5.69 Å². The normalized spacial score (nSPS) is 20.5. The zero-order chi connectivity index (χ0) is 19.3. The van der Waals surface area contributed by atoms with Crippen LogP contribution in [0.4, 0.5) is 5.69 Å². The molecular weight excluding hydrogens is 348 g/mol. The molecule has 2 aliphatic heterocycles. The SMILES string of the molecule is COc1ccc(CCN2CCN(c3cc(C)nc([C@@H]4CCNC4)c3)CC2)cc1. The van der Waals surface area contributed by atoms with Crippen LogP contribution < -0.4 is 15.0 Å². The van der Waals surface area contributed by atoms with Gasteiger partial charge in [0, 0.05) is 62.3 Å². The minimum absolute atomic E-state index is 0.574. The summed E-state index contributed by atoms with van der Waals surface area (Å²) in [6.45, 7) is 9.85. The second-order valence-electron chi connectivity index (χ2n) is 8.01. The molecule has 2 aliphatic rings. The van der Waals surface area contributed by atoms with E-state index in [1.54, 1.807) is 7.11 Å². The molecule has 0 saturated carbocycles. The van der Waals surface area contributed by atoms with Crippen LogP contribution in [0.25, 0.3) is 0 Å². The Labute approximate surface area is 168 Å². The molecule has 0 radical (unpaired) electrons. The number of ether oxygens (including phenoxy) is 1. The molecule has 150 valence electrons. The summed E-state index contributed by atoms with van der Waals surface area (Å²) in [5.41, 5.74) is 5.13. The van der Waals surface area contributed by atoms with E-state index in [1.165, 1.54) is 23.4 Å². The van der Waals surface area contributed by atoms with Crippen molar-refractivity contribution in [2.24, 2.45) is 0 Å². The molecule has 1 N–H and O–H groups in total. The third kappa shape index (κ3) is 4.65. The number of piperazine rings is 1. The lowest BCUT2D eigenvalue weighted by Crippen LogP contribution is -2.47. The fraction of sp³-hybridized carbons (Fsp3) is 0.522. The topological polar surface area (TPSA) is 40.6 Å². The lowest BCUT2D eigenvalue weighted by Gasteiger charge is -2.36. The van der Waals surface area contributed by atoms with Crippen molar-refractivity contribution in [3.63, 3.8) is 0 Å². The maximum absolute atomic E-state index is 5.24. The summed E-state index contributed by atoms with van der Waals surface area (Å²) in [5.74, 6) is 1.50. The van der Waals surface area contributed by atoms with Crippen molar-refractivity contribution < 1.29 is 4.74 Å². The van der Waals surface area contributed by atoms with E-state index in [9.17, 15) is 0 Å². The molecule has 3 heterocycles. The van der Waals surface area contributed by atoms with Crippen molar-refractivity contribution in [2.75, 3.05) is 57.8 Å². The molecular formula is C23H32N4O. The molecule has 0 unspecified atom stereocenters. The van der Waals surface area contributed by atoms with Crippen LogP contribution in [0.1, 0.15) is 29.3 Å². The lowest BCUT2D eigenvalue weighted by atomic mass is 10.0. The summed E-state index contributed by atoms with van der Waals surface area (Å²) >= 11 is 0. The van der Waals surface area contributed by atoms with E-state index in [2.05, 4.69) is 58.4 Å². The molecule has 1 aromatic heterocycles. The Balaban J connectivity index is 1.31. The van der Waals surface area contributed by atoms with E-state index in [0.29, 0.717) is 5.92 Å². The Kier molecular flexibility index (Phi) is 6.13. The van der Waals surface area contributed by atoms with Crippen molar-refractivity contribution in [1.29, 1.82) is 0 Å². The van der Waals surface area contributed by atoms with Crippen LogP contribution in [0, 0.1) is 6.92 Å². The molecule has 4 rings (SSSR count). The van der Waals surface area contributed by atoms with Gasteiger partial charge in [-0.3, -0.25) is 9.88 Å². The van der Waals surface area contributed by atoms with Gasteiger partial charge >= 0.3 is 0 Å². The number of aromatic nitrogens is 1. The average molecular weight is 381 g/mol. The predicted molar refractivity (Wildman–Crippen MR) is 115 cm³/mol. The molecule has 2 saturated heterocycles. The van der Waals surface area contributed by atoms with Crippen LogP contribution >= 0.6 is 0 Å². The Morgan fingerprint density at radius 3 is 2.57 bits per heavy atom. The molecule has 2 aromatic rings. The Bertz CT molecular complexity index is 763. The summed E-state index contributed by atoms with van der Waals surface area (Å²) in [5, 5.41) is 3.46. The maximum atomic E-state index is 5.24. The molecule has 0 bridgehead atoms. The number of methoxy groups -OCH3 is 1. The lowest BCUT2D eigenvalue weighted by molar-refractivity contribution is 0.261. The number of nitrogens with zero attached hydrogens (tertiary/aromatic N) is 3. The molecule has 28 heavy (non-hydrogen) atoms. The van der Waals surface area contributed by atoms with Gasteiger partial charge in [0.15, 0.2) is 0 Å². The average Bonchev–Trinajstić information content (AvgIpc) is 3.28. The van der Waals surface area contributed by atoms with Gasteiger partial charge in [0.05, 0.1) is 7.11 Å². The number of rotatable bonds is 6.